The molecule has 0 aliphatic carbocycles. The van der Waals surface area contributed by atoms with E-state index in [0.29, 0.717) is 30.2 Å². The monoisotopic (exact) mass is 647 g/mol. The molecule has 6 nitrogen and oxygen atoms in total. The highest BCUT2D eigenvalue weighted by Crippen LogP contribution is 2.44. The van der Waals surface area contributed by atoms with E-state index in [9.17, 15) is 18.0 Å². The van der Waals surface area contributed by atoms with Crippen LogP contribution < -0.4 is 4.74 Å². The van der Waals surface area contributed by atoms with E-state index in [1.807, 2.05) is 55.6 Å². The van der Waals surface area contributed by atoms with E-state index in [4.69, 9.17) is 9.47 Å². The Labute approximate surface area is 271 Å². The summed E-state index contributed by atoms with van der Waals surface area (Å²) < 4.78 is 52.5. The van der Waals surface area contributed by atoms with Gasteiger partial charge in [0.2, 0.25) is 5.88 Å². The lowest BCUT2D eigenvalue weighted by Crippen LogP contribution is -2.22. The van der Waals surface area contributed by atoms with Crippen LogP contribution in [0.3, 0.4) is 0 Å². The zero-order chi connectivity index (χ0) is 33.1. The maximum Gasteiger partial charge on any atom is 0.417 e. The fourth-order valence-corrected chi connectivity index (χ4v) is 6.55. The molecule has 240 valence electrons. The molecule has 0 bridgehead atoms. The average molecular weight is 648 g/mol. The molecular formula is C36H36F3N3O3S. The van der Waals surface area contributed by atoms with E-state index in [1.54, 1.807) is 24.9 Å². The highest BCUT2D eigenvalue weighted by atomic mass is 32.2. The summed E-state index contributed by atoms with van der Waals surface area (Å²) in [5.74, 6) is -0.384. The van der Waals surface area contributed by atoms with Gasteiger partial charge in [0, 0.05) is 57.3 Å². The number of hydrogen-bond donors (Lipinski definition) is 0. The van der Waals surface area contributed by atoms with Crippen molar-refractivity contribution in [2.24, 2.45) is 7.05 Å². The Kier molecular flexibility index (Phi) is 9.76. The molecule has 46 heavy (non-hydrogen) atoms. The number of carbonyl (C=O) groups excluding carboxylic acids is 1. The number of carbonyl (C=O) groups is 1. The molecule has 1 unspecified atom stereocenters. The Bertz CT molecular complexity index is 1800. The van der Waals surface area contributed by atoms with E-state index >= 15 is 0 Å². The summed E-state index contributed by atoms with van der Waals surface area (Å²) in [5.41, 5.74) is 4.03. The predicted octanol–water partition coefficient (Wildman–Crippen LogP) is 9.01. The SMILES string of the molecule is CCOC(=O)C(Cc1ccc(-c2ccc(C(F)(F)F)cn2)cc1)c1c(SC(C)(C)C)c2cc(COc3ccccn3)ccc2n1C. The van der Waals surface area contributed by atoms with E-state index in [0.717, 1.165) is 44.9 Å². The number of esters is 1. The maximum absolute atomic E-state index is 13.6. The molecule has 0 radical (unpaired) electrons. The van der Waals surface area contributed by atoms with Gasteiger partial charge in [0.25, 0.3) is 0 Å². The van der Waals surface area contributed by atoms with Crippen LogP contribution in [0.5, 0.6) is 5.88 Å². The third-order valence-electron chi connectivity index (χ3n) is 7.38. The summed E-state index contributed by atoms with van der Waals surface area (Å²) >= 11 is 1.71. The number of hydrogen-bond acceptors (Lipinski definition) is 6. The van der Waals surface area contributed by atoms with E-state index in [2.05, 4.69) is 47.4 Å². The number of rotatable bonds is 10. The van der Waals surface area contributed by atoms with Crippen molar-refractivity contribution in [2.45, 2.75) is 62.5 Å². The second kappa shape index (κ2) is 13.6. The number of aromatic nitrogens is 3. The molecule has 1 atom stereocenters. The number of fused-ring (bicyclic) bond motifs is 1. The van der Waals surface area contributed by atoms with Crippen LogP contribution >= 0.6 is 11.8 Å². The Morgan fingerprint density at radius 1 is 0.957 bits per heavy atom. The minimum Gasteiger partial charge on any atom is -0.473 e. The lowest BCUT2D eigenvalue weighted by molar-refractivity contribution is -0.145. The molecule has 0 saturated heterocycles. The van der Waals surface area contributed by atoms with Crippen LogP contribution in [0.4, 0.5) is 13.2 Å². The third kappa shape index (κ3) is 7.73. The zero-order valence-corrected chi connectivity index (χ0v) is 27.2. The van der Waals surface area contributed by atoms with Gasteiger partial charge in [-0.3, -0.25) is 9.78 Å². The van der Waals surface area contributed by atoms with Crippen LogP contribution in [0.25, 0.3) is 22.2 Å². The molecule has 0 fully saturated rings. The van der Waals surface area contributed by atoms with Gasteiger partial charge in [-0.25, -0.2) is 4.98 Å². The standard InChI is InChI=1S/C36H36F3N3O3S/c1-6-44-34(43)28(19-23-10-13-25(14-11-23)29-16-15-26(21-41-29)36(37,38)39)32-33(46-35(2,3)4)27-20-24(12-17-30(27)42(32)5)22-45-31-9-7-8-18-40-31/h7-18,20-21,28H,6,19,22H2,1-5H3. The summed E-state index contributed by atoms with van der Waals surface area (Å²) in [6.45, 7) is 8.80. The van der Waals surface area contributed by atoms with Crippen LogP contribution in [0.2, 0.25) is 0 Å². The number of benzene rings is 2. The molecule has 0 saturated carbocycles. The smallest absolute Gasteiger partial charge is 0.417 e. The van der Waals surface area contributed by atoms with Crippen molar-refractivity contribution >= 4 is 28.6 Å². The number of halogens is 3. The first-order chi connectivity index (χ1) is 21.8. The van der Waals surface area contributed by atoms with E-state index in [1.165, 1.54) is 6.07 Å². The van der Waals surface area contributed by atoms with Gasteiger partial charge >= 0.3 is 12.1 Å². The van der Waals surface area contributed by atoms with Crippen LogP contribution in [0.15, 0.2) is 90.1 Å². The summed E-state index contributed by atoms with van der Waals surface area (Å²) in [4.78, 5) is 22.9. The highest BCUT2D eigenvalue weighted by molar-refractivity contribution is 8.00. The lowest BCUT2D eigenvalue weighted by Gasteiger charge is -2.23. The van der Waals surface area contributed by atoms with Gasteiger partial charge in [-0.05, 0) is 54.8 Å². The number of alkyl halides is 3. The van der Waals surface area contributed by atoms with Crippen molar-refractivity contribution in [3.05, 3.63) is 108 Å². The zero-order valence-electron chi connectivity index (χ0n) is 26.4. The molecule has 5 aromatic rings. The van der Waals surface area contributed by atoms with Gasteiger partial charge in [0.05, 0.1) is 17.9 Å². The summed E-state index contributed by atoms with van der Waals surface area (Å²) in [6, 6.07) is 21.5. The number of pyridine rings is 2. The Hall–Kier alpha value is -4.31. The van der Waals surface area contributed by atoms with Gasteiger partial charge in [0.15, 0.2) is 0 Å². The summed E-state index contributed by atoms with van der Waals surface area (Å²) in [7, 11) is 1.97. The Balaban J connectivity index is 1.50. The molecule has 10 heteroatoms. The minimum absolute atomic E-state index is 0.154. The molecule has 0 amide bonds. The van der Waals surface area contributed by atoms with Crippen molar-refractivity contribution in [3.8, 4) is 17.1 Å². The number of aryl methyl sites for hydroxylation is 1. The van der Waals surface area contributed by atoms with Crippen LogP contribution in [-0.4, -0.2) is 31.9 Å². The largest absolute Gasteiger partial charge is 0.473 e. The number of thioether (sulfide) groups is 1. The first kappa shape index (κ1) is 33.1. The van der Waals surface area contributed by atoms with Gasteiger partial charge in [-0.2, -0.15) is 13.2 Å². The van der Waals surface area contributed by atoms with E-state index < -0.39 is 17.7 Å². The molecule has 0 aliphatic rings. The molecule has 0 aliphatic heterocycles. The topological polar surface area (TPSA) is 66.2 Å². The molecule has 0 spiro atoms. The molecule has 5 rings (SSSR count). The van der Waals surface area contributed by atoms with Crippen LogP contribution in [0, 0.1) is 0 Å². The van der Waals surface area contributed by atoms with E-state index in [-0.39, 0.29) is 17.3 Å². The number of ether oxygens (including phenoxy) is 2. The van der Waals surface area contributed by atoms with Gasteiger partial charge < -0.3 is 14.0 Å². The fourth-order valence-electron chi connectivity index (χ4n) is 5.28. The highest BCUT2D eigenvalue weighted by Gasteiger charge is 2.33. The van der Waals surface area contributed by atoms with Crippen molar-refractivity contribution < 1.29 is 27.4 Å². The quantitative estimate of drug-likeness (QED) is 0.111. The van der Waals surface area contributed by atoms with Gasteiger partial charge in [0.1, 0.15) is 12.5 Å². The Morgan fingerprint density at radius 3 is 2.30 bits per heavy atom. The maximum atomic E-state index is 13.6. The third-order valence-corrected chi connectivity index (χ3v) is 8.62. The van der Waals surface area contributed by atoms with Crippen molar-refractivity contribution in [2.75, 3.05) is 6.61 Å². The van der Waals surface area contributed by atoms with Crippen molar-refractivity contribution in [3.63, 3.8) is 0 Å². The molecule has 2 aromatic carbocycles. The fraction of sp³-hybridized carbons (Fsp3) is 0.306. The molecule has 0 N–H and O–H groups in total. The average Bonchev–Trinajstić information content (AvgIpc) is 3.28. The lowest BCUT2D eigenvalue weighted by atomic mass is 9.94. The molecule has 3 heterocycles. The molecule has 3 aromatic heterocycles. The minimum atomic E-state index is -4.45. The number of nitrogens with zero attached hydrogens (tertiary/aromatic N) is 3. The van der Waals surface area contributed by atoms with Gasteiger partial charge in [-0.1, -0.05) is 57.2 Å². The second-order valence-electron chi connectivity index (χ2n) is 11.9. The van der Waals surface area contributed by atoms with Crippen molar-refractivity contribution in [1.29, 1.82) is 0 Å². The first-order valence-electron chi connectivity index (χ1n) is 15.0. The second-order valence-corrected chi connectivity index (χ2v) is 13.8. The Morgan fingerprint density at radius 2 is 1.70 bits per heavy atom. The van der Waals surface area contributed by atoms with Crippen molar-refractivity contribution in [1.82, 2.24) is 14.5 Å². The predicted molar refractivity (Wildman–Crippen MR) is 175 cm³/mol. The van der Waals surface area contributed by atoms with Crippen LogP contribution in [-0.2, 0) is 35.8 Å². The van der Waals surface area contributed by atoms with Gasteiger partial charge in [-0.15, -0.1) is 11.8 Å². The van der Waals surface area contributed by atoms with Crippen LogP contribution in [0.1, 0.15) is 56.0 Å². The summed E-state index contributed by atoms with van der Waals surface area (Å²) in [6.07, 6.45) is -1.55. The normalized spacial score (nSPS) is 12.7. The molecular weight excluding hydrogens is 611 g/mol. The summed E-state index contributed by atoms with van der Waals surface area (Å²) in [5, 5.41) is 1.03. The first-order valence-corrected chi connectivity index (χ1v) is 15.8.